The number of anilines is 1. The molecule has 3 aromatic carbocycles. The van der Waals surface area contributed by atoms with E-state index in [4.69, 9.17) is 11.6 Å². The maximum absolute atomic E-state index is 13.3. The highest BCUT2D eigenvalue weighted by atomic mass is 35.5. The maximum atomic E-state index is 13.3. The molecule has 0 saturated carbocycles. The van der Waals surface area contributed by atoms with Gasteiger partial charge in [-0.15, -0.1) is 0 Å². The number of aryl methyl sites for hydroxylation is 1. The number of hydrogen-bond acceptors (Lipinski definition) is 3. The molecule has 5 nitrogen and oxygen atoms in total. The molecule has 0 unspecified atom stereocenters. The minimum absolute atomic E-state index is 0.0111. The first-order chi connectivity index (χ1) is 15.6. The van der Waals surface area contributed by atoms with Gasteiger partial charge in [0.1, 0.15) is 5.69 Å². The summed E-state index contributed by atoms with van der Waals surface area (Å²) >= 11 is 6.20. The first-order valence-electron chi connectivity index (χ1n) is 10.7. The number of rotatable bonds is 5. The molecule has 0 saturated heterocycles. The molecule has 1 aliphatic rings. The number of carbonyl (C=O) groups is 1. The Morgan fingerprint density at radius 1 is 1.00 bits per heavy atom. The lowest BCUT2D eigenvalue weighted by Crippen LogP contribution is -2.31. The average Bonchev–Trinajstić information content (AvgIpc) is 3.24. The lowest BCUT2D eigenvalue weighted by molar-refractivity contribution is -0.118. The van der Waals surface area contributed by atoms with Crippen molar-refractivity contribution >= 4 is 34.2 Å². The highest BCUT2D eigenvalue weighted by Gasteiger charge is 2.24. The molecule has 0 fully saturated rings. The van der Waals surface area contributed by atoms with E-state index in [0.717, 1.165) is 23.2 Å². The molecule has 0 radical (unpaired) electrons. The molecule has 6 heteroatoms. The molecule has 0 atom stereocenters. The molecule has 1 aliphatic heterocycles. The van der Waals surface area contributed by atoms with Gasteiger partial charge in [-0.3, -0.25) is 9.59 Å². The number of hydrogen-bond donors (Lipinski definition) is 0. The monoisotopic (exact) mass is 443 g/mol. The van der Waals surface area contributed by atoms with E-state index in [1.54, 1.807) is 16.7 Å². The number of aromatic nitrogens is 2. The van der Waals surface area contributed by atoms with Crippen molar-refractivity contribution in [2.24, 2.45) is 0 Å². The standard InChI is InChI=1S/C26H22ClN3O2/c27-20-10-12-24-22(16-20)28-21(26(32)30(24)17-18-6-2-1-3-7-18)11-13-25(31)29-15-14-19-8-4-5-9-23(19)29/h1-10,12,16H,11,13-15,17H2. The van der Waals surface area contributed by atoms with Gasteiger partial charge in [0.25, 0.3) is 5.56 Å². The van der Waals surface area contributed by atoms with Crippen LogP contribution in [0.1, 0.15) is 23.2 Å². The van der Waals surface area contributed by atoms with Gasteiger partial charge in [-0.1, -0.05) is 60.1 Å². The van der Waals surface area contributed by atoms with Crippen LogP contribution in [0, 0.1) is 0 Å². The number of halogens is 1. The van der Waals surface area contributed by atoms with Crippen LogP contribution >= 0.6 is 11.6 Å². The molecule has 1 amide bonds. The van der Waals surface area contributed by atoms with Crippen molar-refractivity contribution in [3.63, 3.8) is 0 Å². The normalized spacial score (nSPS) is 12.8. The molecule has 0 N–H and O–H groups in total. The van der Waals surface area contributed by atoms with Crippen LogP contribution in [-0.4, -0.2) is 22.0 Å². The molecule has 0 aliphatic carbocycles. The van der Waals surface area contributed by atoms with Crippen molar-refractivity contribution in [1.82, 2.24) is 9.55 Å². The van der Waals surface area contributed by atoms with E-state index in [-0.39, 0.29) is 24.3 Å². The highest BCUT2D eigenvalue weighted by molar-refractivity contribution is 6.31. The lowest BCUT2D eigenvalue weighted by atomic mass is 10.1. The van der Waals surface area contributed by atoms with Crippen LogP contribution in [0.25, 0.3) is 11.0 Å². The highest BCUT2D eigenvalue weighted by Crippen LogP contribution is 2.28. The van der Waals surface area contributed by atoms with Gasteiger partial charge >= 0.3 is 0 Å². The summed E-state index contributed by atoms with van der Waals surface area (Å²) in [4.78, 5) is 32.7. The molecule has 1 aromatic heterocycles. The summed E-state index contributed by atoms with van der Waals surface area (Å²) < 4.78 is 1.72. The second kappa shape index (κ2) is 8.60. The Morgan fingerprint density at radius 2 is 1.78 bits per heavy atom. The Kier molecular flexibility index (Phi) is 5.50. The van der Waals surface area contributed by atoms with Crippen molar-refractivity contribution in [3.05, 3.63) is 105 Å². The molecule has 5 rings (SSSR count). The third kappa shape index (κ3) is 3.92. The zero-order valence-corrected chi connectivity index (χ0v) is 18.3. The number of carbonyl (C=O) groups excluding carboxylic acids is 1. The molecule has 0 spiro atoms. The predicted molar refractivity (Wildman–Crippen MR) is 127 cm³/mol. The summed E-state index contributed by atoms with van der Waals surface area (Å²) in [6.07, 6.45) is 1.38. The number of amides is 1. The topological polar surface area (TPSA) is 55.2 Å². The van der Waals surface area contributed by atoms with Gasteiger partial charge in [-0.05, 0) is 41.8 Å². The fourth-order valence-electron chi connectivity index (χ4n) is 4.32. The summed E-state index contributed by atoms with van der Waals surface area (Å²) in [6, 6.07) is 23.2. The summed E-state index contributed by atoms with van der Waals surface area (Å²) in [5.74, 6) is 0.0111. The van der Waals surface area contributed by atoms with Crippen LogP contribution in [0.4, 0.5) is 5.69 Å². The van der Waals surface area contributed by atoms with E-state index in [2.05, 4.69) is 11.1 Å². The van der Waals surface area contributed by atoms with Crippen LogP contribution < -0.4 is 10.5 Å². The summed E-state index contributed by atoms with van der Waals surface area (Å²) in [5.41, 5.74) is 4.78. The van der Waals surface area contributed by atoms with Crippen LogP contribution in [0.3, 0.4) is 0 Å². The summed E-state index contributed by atoms with van der Waals surface area (Å²) in [6.45, 7) is 1.11. The smallest absolute Gasteiger partial charge is 0.273 e. The van der Waals surface area contributed by atoms with Crippen LogP contribution in [0.2, 0.25) is 5.02 Å². The zero-order chi connectivity index (χ0) is 22.1. The molecular formula is C26H22ClN3O2. The fourth-order valence-corrected chi connectivity index (χ4v) is 4.48. The SMILES string of the molecule is O=C(CCc1nc2cc(Cl)ccc2n(Cc2ccccc2)c1=O)N1CCc2ccccc21. The number of fused-ring (bicyclic) bond motifs is 2. The Hall–Kier alpha value is -3.44. The van der Waals surface area contributed by atoms with Gasteiger partial charge in [0, 0.05) is 30.1 Å². The van der Waals surface area contributed by atoms with Gasteiger partial charge in [0.2, 0.25) is 5.91 Å². The molecule has 32 heavy (non-hydrogen) atoms. The van der Waals surface area contributed by atoms with Crippen molar-refractivity contribution in [2.45, 2.75) is 25.8 Å². The fraction of sp³-hybridized carbons (Fsp3) is 0.192. The first-order valence-corrected chi connectivity index (χ1v) is 11.1. The van der Waals surface area contributed by atoms with Gasteiger partial charge < -0.3 is 9.47 Å². The van der Waals surface area contributed by atoms with Gasteiger partial charge in [-0.2, -0.15) is 0 Å². The third-order valence-electron chi connectivity index (χ3n) is 5.92. The van der Waals surface area contributed by atoms with Gasteiger partial charge in [-0.25, -0.2) is 4.98 Å². The van der Waals surface area contributed by atoms with Crippen molar-refractivity contribution in [1.29, 1.82) is 0 Å². The summed E-state index contributed by atoms with van der Waals surface area (Å²) in [7, 11) is 0. The largest absolute Gasteiger partial charge is 0.312 e. The molecular weight excluding hydrogens is 422 g/mol. The van der Waals surface area contributed by atoms with E-state index in [1.807, 2.05) is 59.5 Å². The average molecular weight is 444 g/mol. The Bertz CT molecular complexity index is 1360. The summed E-state index contributed by atoms with van der Waals surface area (Å²) in [5, 5.41) is 0.561. The second-order valence-corrected chi connectivity index (χ2v) is 8.43. The Labute approximate surface area is 190 Å². The number of para-hydroxylation sites is 1. The second-order valence-electron chi connectivity index (χ2n) is 7.99. The Balaban J connectivity index is 1.45. The van der Waals surface area contributed by atoms with E-state index in [1.165, 1.54) is 5.56 Å². The van der Waals surface area contributed by atoms with Crippen molar-refractivity contribution in [2.75, 3.05) is 11.4 Å². The minimum Gasteiger partial charge on any atom is -0.312 e. The van der Waals surface area contributed by atoms with E-state index in [9.17, 15) is 9.59 Å². The predicted octanol–water partition coefficient (Wildman–Crippen LogP) is 4.62. The molecule has 0 bridgehead atoms. The quantitative estimate of drug-likeness (QED) is 0.452. The van der Waals surface area contributed by atoms with Crippen LogP contribution in [0.5, 0.6) is 0 Å². The first kappa shape index (κ1) is 20.5. The van der Waals surface area contributed by atoms with E-state index in [0.29, 0.717) is 29.3 Å². The van der Waals surface area contributed by atoms with Crippen LogP contribution in [0.15, 0.2) is 77.6 Å². The zero-order valence-electron chi connectivity index (χ0n) is 17.5. The number of nitrogens with zero attached hydrogens (tertiary/aromatic N) is 3. The lowest BCUT2D eigenvalue weighted by Gasteiger charge is -2.17. The third-order valence-corrected chi connectivity index (χ3v) is 6.16. The number of benzene rings is 3. The minimum atomic E-state index is -0.168. The van der Waals surface area contributed by atoms with E-state index >= 15 is 0 Å². The van der Waals surface area contributed by atoms with E-state index < -0.39 is 0 Å². The maximum Gasteiger partial charge on any atom is 0.273 e. The van der Waals surface area contributed by atoms with Crippen molar-refractivity contribution in [3.8, 4) is 0 Å². The Morgan fingerprint density at radius 3 is 2.62 bits per heavy atom. The molecule has 160 valence electrons. The van der Waals surface area contributed by atoms with Gasteiger partial charge in [0.15, 0.2) is 0 Å². The molecule has 2 heterocycles. The van der Waals surface area contributed by atoms with Crippen molar-refractivity contribution < 1.29 is 4.79 Å². The van der Waals surface area contributed by atoms with Gasteiger partial charge in [0.05, 0.1) is 17.6 Å². The molecule has 4 aromatic rings. The van der Waals surface area contributed by atoms with Crippen LogP contribution in [-0.2, 0) is 24.2 Å².